The van der Waals surface area contributed by atoms with Crippen molar-refractivity contribution in [1.29, 1.82) is 0 Å². The molecule has 1 aromatic heterocycles. The van der Waals surface area contributed by atoms with Gasteiger partial charge >= 0.3 is 6.09 Å². The molecule has 3 aliphatic rings. The van der Waals surface area contributed by atoms with Crippen molar-refractivity contribution in [1.82, 2.24) is 20.5 Å². The second-order valence-electron chi connectivity index (χ2n) is 13.9. The van der Waals surface area contributed by atoms with Crippen molar-refractivity contribution in [3.05, 3.63) is 35.9 Å². The molecule has 0 spiro atoms. The van der Waals surface area contributed by atoms with Gasteiger partial charge in [0.05, 0.1) is 17.7 Å². The Bertz CT molecular complexity index is 1190. The summed E-state index contributed by atoms with van der Waals surface area (Å²) in [4.78, 5) is 35.5. The molecule has 2 saturated heterocycles. The Morgan fingerprint density at radius 1 is 0.929 bits per heavy atom. The minimum Gasteiger partial charge on any atom is -0.449 e. The number of carbonyl (C=O) groups is 2. The van der Waals surface area contributed by atoms with Crippen LogP contribution in [0.15, 0.2) is 30.3 Å². The summed E-state index contributed by atoms with van der Waals surface area (Å²) in [5.41, 5.74) is 1.31. The van der Waals surface area contributed by atoms with Crippen LogP contribution in [0, 0.1) is 17.8 Å². The van der Waals surface area contributed by atoms with Crippen LogP contribution in [0.1, 0.15) is 88.9 Å². The Balaban J connectivity index is 1.12. The fourth-order valence-electron chi connectivity index (χ4n) is 6.80. The lowest BCUT2D eigenvalue weighted by Crippen LogP contribution is -2.41. The fraction of sp³-hybridized carbons (Fsp3) is 0.676. The largest absolute Gasteiger partial charge is 0.449 e. The van der Waals surface area contributed by atoms with Gasteiger partial charge in [0.1, 0.15) is 5.82 Å². The second kappa shape index (κ2) is 14.1. The minimum absolute atomic E-state index is 0.0142. The van der Waals surface area contributed by atoms with Gasteiger partial charge in [-0.25, -0.2) is 9.78 Å². The van der Waals surface area contributed by atoms with Crippen LogP contribution in [0.4, 0.5) is 10.6 Å². The number of carbonyl (C=O) groups excluding carboxylic acids is 2. The Morgan fingerprint density at radius 2 is 1.62 bits per heavy atom. The smallest absolute Gasteiger partial charge is 0.407 e. The lowest BCUT2D eigenvalue weighted by molar-refractivity contribution is 0.0916. The quantitative estimate of drug-likeness (QED) is 0.380. The summed E-state index contributed by atoms with van der Waals surface area (Å²) in [6.45, 7) is 12.8. The molecule has 230 valence electrons. The van der Waals surface area contributed by atoms with Gasteiger partial charge in [-0.05, 0) is 128 Å². The van der Waals surface area contributed by atoms with Crippen LogP contribution in [-0.2, 0) is 4.74 Å². The van der Waals surface area contributed by atoms with Crippen LogP contribution in [0.5, 0.6) is 0 Å². The number of likely N-dealkylation sites (tertiary alicyclic amines) is 1. The molecule has 8 nitrogen and oxygen atoms in total. The van der Waals surface area contributed by atoms with E-state index in [1.807, 2.05) is 51.1 Å². The summed E-state index contributed by atoms with van der Waals surface area (Å²) in [5.74, 6) is 2.53. The average Bonchev–Trinajstić information content (AvgIpc) is 3.51. The number of fused-ring (bicyclic) bond motifs is 1. The maximum absolute atomic E-state index is 13.5. The van der Waals surface area contributed by atoms with E-state index in [9.17, 15) is 9.59 Å². The van der Waals surface area contributed by atoms with Crippen LogP contribution in [-0.4, -0.2) is 73.3 Å². The van der Waals surface area contributed by atoms with Crippen LogP contribution in [0.25, 0.3) is 10.9 Å². The molecule has 2 N–H and O–H groups in total. The number of hydrogen-bond donors (Lipinski definition) is 2. The number of rotatable bonds is 9. The standard InChI is InChI=1S/C34H51N5O3/c1-34(2,3)37-33(41)42-24-27-12-10-26(11-13-27)23-35-32(40)29-22-31(36-30-9-5-4-8-28(29)30)39-20-15-25(16-21-39)14-19-38-17-6-7-18-38/h4-5,8-9,22,25-27H,6-7,10-21,23-24H2,1-3H3,(H,35,40)(H,37,41). The Morgan fingerprint density at radius 3 is 2.33 bits per heavy atom. The van der Waals surface area contributed by atoms with Gasteiger partial charge in [-0.2, -0.15) is 0 Å². The van der Waals surface area contributed by atoms with E-state index in [2.05, 4.69) is 20.4 Å². The fourth-order valence-corrected chi connectivity index (χ4v) is 6.80. The van der Waals surface area contributed by atoms with E-state index < -0.39 is 0 Å². The zero-order valence-electron chi connectivity index (χ0n) is 26.0. The third-order valence-corrected chi connectivity index (χ3v) is 9.38. The van der Waals surface area contributed by atoms with Crippen molar-refractivity contribution in [2.24, 2.45) is 17.8 Å². The molecule has 3 fully saturated rings. The van der Waals surface area contributed by atoms with Crippen molar-refractivity contribution >= 4 is 28.7 Å². The molecule has 2 amide bonds. The van der Waals surface area contributed by atoms with Gasteiger partial charge in [0, 0.05) is 30.6 Å². The maximum Gasteiger partial charge on any atom is 0.407 e. The number of alkyl carbamates (subject to hydrolysis) is 1. The molecule has 1 saturated carbocycles. The van der Waals surface area contributed by atoms with Gasteiger partial charge in [-0.15, -0.1) is 0 Å². The molecule has 0 unspecified atom stereocenters. The predicted molar refractivity (Wildman–Crippen MR) is 169 cm³/mol. The highest BCUT2D eigenvalue weighted by Crippen LogP contribution is 2.30. The number of nitrogens with zero attached hydrogens (tertiary/aromatic N) is 3. The van der Waals surface area contributed by atoms with Crippen molar-refractivity contribution in [3.63, 3.8) is 0 Å². The van der Waals surface area contributed by atoms with Gasteiger partial charge in [0.15, 0.2) is 0 Å². The van der Waals surface area contributed by atoms with E-state index >= 15 is 0 Å². The molecular weight excluding hydrogens is 526 g/mol. The summed E-state index contributed by atoms with van der Waals surface area (Å²) < 4.78 is 5.46. The number of amides is 2. The summed E-state index contributed by atoms with van der Waals surface area (Å²) in [6.07, 6.45) is 10.2. The SMILES string of the molecule is CC(C)(C)NC(=O)OCC1CCC(CNC(=O)c2cc(N3CCC(CCN4CCCC4)CC3)nc3ccccc23)CC1. The molecule has 0 atom stereocenters. The molecule has 0 radical (unpaired) electrons. The van der Waals surface area contributed by atoms with Gasteiger partial charge in [0.2, 0.25) is 0 Å². The first-order chi connectivity index (χ1) is 20.2. The van der Waals surface area contributed by atoms with Crippen molar-refractivity contribution in [2.45, 2.75) is 84.1 Å². The number of hydrogen-bond acceptors (Lipinski definition) is 6. The molecular formula is C34H51N5O3. The minimum atomic E-state index is -0.345. The highest BCUT2D eigenvalue weighted by molar-refractivity contribution is 6.07. The lowest BCUT2D eigenvalue weighted by atomic mass is 9.82. The van der Waals surface area contributed by atoms with E-state index in [-0.39, 0.29) is 17.5 Å². The zero-order chi connectivity index (χ0) is 29.5. The van der Waals surface area contributed by atoms with Crippen LogP contribution in [0.3, 0.4) is 0 Å². The zero-order valence-corrected chi connectivity index (χ0v) is 26.0. The molecule has 5 rings (SSSR count). The predicted octanol–water partition coefficient (Wildman–Crippen LogP) is 6.00. The number of aromatic nitrogens is 1. The van der Waals surface area contributed by atoms with Crippen molar-refractivity contribution in [2.75, 3.05) is 50.8 Å². The molecule has 3 heterocycles. The van der Waals surface area contributed by atoms with Crippen molar-refractivity contribution in [3.8, 4) is 0 Å². The first kappa shape index (κ1) is 30.6. The molecule has 2 aliphatic heterocycles. The summed E-state index contributed by atoms with van der Waals surface area (Å²) in [5, 5.41) is 7.01. The average molecular weight is 578 g/mol. The normalized spacial score (nSPS) is 22.3. The Hall–Kier alpha value is -2.87. The Labute approximate surface area is 251 Å². The third-order valence-electron chi connectivity index (χ3n) is 9.38. The number of ether oxygens (including phenoxy) is 1. The van der Waals surface area contributed by atoms with Crippen LogP contribution < -0.4 is 15.5 Å². The third kappa shape index (κ3) is 8.59. The first-order valence-corrected chi connectivity index (χ1v) is 16.3. The highest BCUT2D eigenvalue weighted by atomic mass is 16.5. The summed E-state index contributed by atoms with van der Waals surface area (Å²) >= 11 is 0. The number of anilines is 1. The van der Waals surface area contributed by atoms with Crippen LogP contribution in [0.2, 0.25) is 0 Å². The van der Waals surface area contributed by atoms with Crippen LogP contribution >= 0.6 is 0 Å². The number of benzene rings is 1. The number of para-hydroxylation sites is 1. The topological polar surface area (TPSA) is 86.8 Å². The van der Waals surface area contributed by atoms with E-state index in [1.165, 1.54) is 51.7 Å². The molecule has 1 aliphatic carbocycles. The second-order valence-corrected chi connectivity index (χ2v) is 13.9. The number of pyridine rings is 1. The van der Waals surface area contributed by atoms with Gasteiger partial charge in [-0.1, -0.05) is 18.2 Å². The summed E-state index contributed by atoms with van der Waals surface area (Å²) in [7, 11) is 0. The van der Waals surface area contributed by atoms with E-state index in [0.29, 0.717) is 25.0 Å². The van der Waals surface area contributed by atoms with E-state index in [1.54, 1.807) is 0 Å². The lowest BCUT2D eigenvalue weighted by Gasteiger charge is -2.34. The van der Waals surface area contributed by atoms with Crippen molar-refractivity contribution < 1.29 is 14.3 Å². The van der Waals surface area contributed by atoms with Gasteiger partial charge < -0.3 is 25.2 Å². The number of nitrogens with one attached hydrogen (secondary N) is 2. The van der Waals surface area contributed by atoms with Gasteiger partial charge in [0.25, 0.3) is 5.91 Å². The van der Waals surface area contributed by atoms with E-state index in [0.717, 1.165) is 67.0 Å². The van der Waals surface area contributed by atoms with E-state index in [4.69, 9.17) is 9.72 Å². The maximum atomic E-state index is 13.5. The molecule has 2 aromatic rings. The molecule has 1 aromatic carbocycles. The monoisotopic (exact) mass is 577 g/mol. The first-order valence-electron chi connectivity index (χ1n) is 16.3. The number of piperidine rings is 1. The summed E-state index contributed by atoms with van der Waals surface area (Å²) in [6, 6.07) is 10.0. The highest BCUT2D eigenvalue weighted by Gasteiger charge is 2.26. The molecule has 42 heavy (non-hydrogen) atoms. The Kier molecular flexibility index (Phi) is 10.2. The molecule has 8 heteroatoms. The molecule has 0 bridgehead atoms. The van der Waals surface area contributed by atoms with Gasteiger partial charge in [-0.3, -0.25) is 4.79 Å².